The molecule has 0 radical (unpaired) electrons. The number of carbonyl (C=O) groups is 1. The van der Waals surface area contributed by atoms with Crippen LogP contribution in [0.2, 0.25) is 0 Å². The number of hydrogen-bond acceptors (Lipinski definition) is 4. The summed E-state index contributed by atoms with van der Waals surface area (Å²) < 4.78 is 5.59. The fourth-order valence-corrected chi connectivity index (χ4v) is 1.98. The predicted octanol–water partition coefficient (Wildman–Crippen LogP) is 3.05. The summed E-state index contributed by atoms with van der Waals surface area (Å²) in [4.78, 5) is 23.9. The molecule has 0 fully saturated rings. The molecule has 0 bridgehead atoms. The number of nitro groups is 1. The first-order valence-electron chi connectivity index (χ1n) is 7.17. The molecule has 0 aromatic heterocycles. The Hall–Kier alpha value is -2.89. The van der Waals surface area contributed by atoms with Crippen molar-refractivity contribution in [2.75, 3.05) is 20.2 Å². The average molecular weight is 314 g/mol. The van der Waals surface area contributed by atoms with Crippen molar-refractivity contribution in [1.82, 2.24) is 4.90 Å². The number of non-ortho nitro benzene ring substituents is 1. The number of hydrogen-bond donors (Lipinski definition) is 0. The Morgan fingerprint density at radius 1 is 1.13 bits per heavy atom. The van der Waals surface area contributed by atoms with Gasteiger partial charge in [0.1, 0.15) is 12.4 Å². The van der Waals surface area contributed by atoms with E-state index in [2.05, 4.69) is 0 Å². The van der Waals surface area contributed by atoms with Crippen molar-refractivity contribution in [2.45, 2.75) is 6.92 Å². The van der Waals surface area contributed by atoms with Gasteiger partial charge in [0, 0.05) is 24.7 Å². The van der Waals surface area contributed by atoms with Gasteiger partial charge in [-0.15, -0.1) is 0 Å². The fourth-order valence-electron chi connectivity index (χ4n) is 1.98. The Bertz CT molecular complexity index is 681. The molecular formula is C17H18N2O4. The van der Waals surface area contributed by atoms with Gasteiger partial charge >= 0.3 is 0 Å². The van der Waals surface area contributed by atoms with E-state index in [9.17, 15) is 14.9 Å². The summed E-state index contributed by atoms with van der Waals surface area (Å²) >= 11 is 0. The lowest BCUT2D eigenvalue weighted by Crippen LogP contribution is -2.30. The summed E-state index contributed by atoms with van der Waals surface area (Å²) in [5.41, 5.74) is 1.53. The van der Waals surface area contributed by atoms with E-state index in [1.54, 1.807) is 7.05 Å². The van der Waals surface area contributed by atoms with Crippen molar-refractivity contribution in [3.63, 3.8) is 0 Å². The van der Waals surface area contributed by atoms with E-state index >= 15 is 0 Å². The van der Waals surface area contributed by atoms with Crippen molar-refractivity contribution in [2.24, 2.45) is 0 Å². The zero-order chi connectivity index (χ0) is 16.8. The van der Waals surface area contributed by atoms with Gasteiger partial charge in [-0.05, 0) is 31.2 Å². The van der Waals surface area contributed by atoms with Gasteiger partial charge in [0.05, 0.1) is 11.5 Å². The van der Waals surface area contributed by atoms with Crippen LogP contribution in [0.1, 0.15) is 15.9 Å². The zero-order valence-corrected chi connectivity index (χ0v) is 13.1. The molecule has 0 saturated carbocycles. The van der Waals surface area contributed by atoms with Crippen molar-refractivity contribution in [1.29, 1.82) is 0 Å². The number of amides is 1. The molecule has 0 saturated heterocycles. The Balaban J connectivity index is 1.87. The molecule has 0 spiro atoms. The third kappa shape index (κ3) is 4.54. The second-order valence-electron chi connectivity index (χ2n) is 5.19. The summed E-state index contributed by atoms with van der Waals surface area (Å²) in [6, 6.07) is 13.2. The summed E-state index contributed by atoms with van der Waals surface area (Å²) in [7, 11) is 1.67. The second kappa shape index (κ2) is 7.40. The van der Waals surface area contributed by atoms with Gasteiger partial charge in [-0.2, -0.15) is 0 Å². The van der Waals surface area contributed by atoms with Crippen LogP contribution in [-0.2, 0) is 0 Å². The van der Waals surface area contributed by atoms with Crippen LogP contribution in [0.3, 0.4) is 0 Å². The minimum atomic E-state index is -0.493. The highest BCUT2D eigenvalue weighted by molar-refractivity contribution is 5.94. The van der Waals surface area contributed by atoms with E-state index in [0.29, 0.717) is 18.7 Å². The van der Waals surface area contributed by atoms with Crippen LogP contribution < -0.4 is 4.74 Å². The van der Waals surface area contributed by atoms with Crippen LogP contribution in [0.4, 0.5) is 5.69 Å². The van der Waals surface area contributed by atoms with Gasteiger partial charge in [0.25, 0.3) is 11.6 Å². The third-order valence-corrected chi connectivity index (χ3v) is 3.39. The van der Waals surface area contributed by atoms with Crippen molar-refractivity contribution >= 4 is 11.6 Å². The Morgan fingerprint density at radius 3 is 2.30 bits per heavy atom. The van der Waals surface area contributed by atoms with Crippen LogP contribution in [0, 0.1) is 17.0 Å². The normalized spacial score (nSPS) is 10.2. The highest BCUT2D eigenvalue weighted by Gasteiger charge is 2.13. The minimum Gasteiger partial charge on any atom is -0.492 e. The van der Waals surface area contributed by atoms with Crippen LogP contribution >= 0.6 is 0 Å². The SMILES string of the molecule is Cc1ccc(OCCN(C)C(=O)c2ccc([N+](=O)[O-])cc2)cc1. The standard InChI is InChI=1S/C17H18N2O4/c1-13-3-9-16(10-4-13)23-12-11-18(2)17(20)14-5-7-15(8-6-14)19(21)22/h3-10H,11-12H2,1-2H3. The van der Waals surface area contributed by atoms with Gasteiger partial charge in [-0.3, -0.25) is 14.9 Å². The molecule has 0 aliphatic carbocycles. The van der Waals surface area contributed by atoms with Gasteiger partial charge in [-0.1, -0.05) is 17.7 Å². The molecule has 1 amide bonds. The topological polar surface area (TPSA) is 72.7 Å². The smallest absolute Gasteiger partial charge is 0.269 e. The summed E-state index contributed by atoms with van der Waals surface area (Å²) in [6.07, 6.45) is 0. The molecule has 120 valence electrons. The Kier molecular flexibility index (Phi) is 5.30. The van der Waals surface area contributed by atoms with Crippen molar-refractivity contribution in [3.05, 3.63) is 69.8 Å². The second-order valence-corrected chi connectivity index (χ2v) is 5.19. The molecule has 0 unspecified atom stereocenters. The molecular weight excluding hydrogens is 296 g/mol. The van der Waals surface area contributed by atoms with Gasteiger partial charge < -0.3 is 9.64 Å². The first kappa shape index (κ1) is 16.5. The molecule has 2 rings (SSSR count). The van der Waals surface area contributed by atoms with E-state index in [4.69, 9.17) is 4.74 Å². The lowest BCUT2D eigenvalue weighted by atomic mass is 10.2. The van der Waals surface area contributed by atoms with E-state index < -0.39 is 4.92 Å². The number of benzene rings is 2. The number of nitrogens with zero attached hydrogens (tertiary/aromatic N) is 2. The molecule has 6 heteroatoms. The van der Waals surface area contributed by atoms with Crippen molar-refractivity contribution in [3.8, 4) is 5.75 Å². The number of ether oxygens (including phenoxy) is 1. The fraction of sp³-hybridized carbons (Fsp3) is 0.235. The molecule has 0 heterocycles. The largest absolute Gasteiger partial charge is 0.492 e. The van der Waals surface area contributed by atoms with Crippen LogP contribution in [0.25, 0.3) is 0 Å². The number of nitro benzene ring substituents is 1. The lowest BCUT2D eigenvalue weighted by molar-refractivity contribution is -0.384. The van der Waals surface area contributed by atoms with E-state index in [1.807, 2.05) is 31.2 Å². The molecule has 23 heavy (non-hydrogen) atoms. The van der Waals surface area contributed by atoms with E-state index in [-0.39, 0.29) is 11.6 Å². The Morgan fingerprint density at radius 2 is 1.74 bits per heavy atom. The highest BCUT2D eigenvalue weighted by Crippen LogP contribution is 2.14. The molecule has 0 aliphatic heterocycles. The maximum absolute atomic E-state index is 12.2. The first-order chi connectivity index (χ1) is 11.0. The average Bonchev–Trinajstić information content (AvgIpc) is 2.56. The van der Waals surface area contributed by atoms with Gasteiger partial charge in [-0.25, -0.2) is 0 Å². The summed E-state index contributed by atoms with van der Waals surface area (Å²) in [5.74, 6) is 0.555. The van der Waals surface area contributed by atoms with E-state index in [0.717, 1.165) is 11.3 Å². The number of likely N-dealkylation sites (N-methyl/N-ethyl adjacent to an activating group) is 1. The van der Waals surface area contributed by atoms with Crippen LogP contribution in [0.5, 0.6) is 5.75 Å². The summed E-state index contributed by atoms with van der Waals surface area (Å²) in [6.45, 7) is 2.79. The number of aryl methyl sites for hydroxylation is 1. The first-order valence-corrected chi connectivity index (χ1v) is 7.17. The van der Waals surface area contributed by atoms with Crippen molar-refractivity contribution < 1.29 is 14.5 Å². The molecule has 0 aliphatic rings. The monoisotopic (exact) mass is 314 g/mol. The predicted molar refractivity (Wildman–Crippen MR) is 86.7 cm³/mol. The quantitative estimate of drug-likeness (QED) is 0.607. The molecule has 0 N–H and O–H groups in total. The molecule has 2 aromatic rings. The molecule has 0 atom stereocenters. The van der Waals surface area contributed by atoms with Crippen LogP contribution in [-0.4, -0.2) is 35.9 Å². The maximum Gasteiger partial charge on any atom is 0.269 e. The molecule has 6 nitrogen and oxygen atoms in total. The number of rotatable bonds is 6. The number of carbonyl (C=O) groups excluding carboxylic acids is 1. The minimum absolute atomic E-state index is 0.0353. The van der Waals surface area contributed by atoms with E-state index in [1.165, 1.54) is 29.2 Å². The summed E-state index contributed by atoms with van der Waals surface area (Å²) in [5, 5.41) is 10.6. The zero-order valence-electron chi connectivity index (χ0n) is 13.1. The lowest BCUT2D eigenvalue weighted by Gasteiger charge is -2.17. The van der Waals surface area contributed by atoms with Gasteiger partial charge in [0.15, 0.2) is 0 Å². The van der Waals surface area contributed by atoms with Gasteiger partial charge in [0.2, 0.25) is 0 Å². The highest BCUT2D eigenvalue weighted by atomic mass is 16.6. The Labute approximate surface area is 134 Å². The molecule has 2 aromatic carbocycles. The van der Waals surface area contributed by atoms with Crippen LogP contribution in [0.15, 0.2) is 48.5 Å². The maximum atomic E-state index is 12.2. The third-order valence-electron chi connectivity index (χ3n) is 3.39.